The zero-order valence-electron chi connectivity index (χ0n) is 15.7. The lowest BCUT2D eigenvalue weighted by Crippen LogP contribution is -2.35. The number of carbonyl (C=O) groups is 2. The number of amides is 1. The van der Waals surface area contributed by atoms with Gasteiger partial charge in [-0.2, -0.15) is 0 Å². The molecule has 8 heteroatoms. The highest BCUT2D eigenvalue weighted by Gasteiger charge is 2.38. The van der Waals surface area contributed by atoms with Crippen molar-refractivity contribution in [3.63, 3.8) is 0 Å². The molecule has 1 amide bonds. The second-order valence-electron chi connectivity index (χ2n) is 6.92. The highest BCUT2D eigenvalue weighted by molar-refractivity contribution is 6.11. The van der Waals surface area contributed by atoms with Gasteiger partial charge >= 0.3 is 5.97 Å². The lowest BCUT2D eigenvalue weighted by atomic mass is 9.96. The van der Waals surface area contributed by atoms with Crippen molar-refractivity contribution in [2.45, 2.75) is 82.5 Å². The molecular formula is C17H30BNO6. The number of carbonyl (C=O) groups excluding carboxylic acids is 2. The lowest BCUT2D eigenvalue weighted by molar-refractivity contribution is -0.155. The highest BCUT2D eigenvalue weighted by atomic mass is 16.6. The van der Waals surface area contributed by atoms with Crippen molar-refractivity contribution >= 4 is 19.7 Å². The smallest absolute Gasteiger partial charge is 0.306 e. The third-order valence-corrected chi connectivity index (χ3v) is 4.77. The van der Waals surface area contributed by atoms with E-state index in [0.717, 1.165) is 12.8 Å². The minimum Gasteiger partial charge on any atom is -0.459 e. The summed E-state index contributed by atoms with van der Waals surface area (Å²) < 4.78 is 23.2. The summed E-state index contributed by atoms with van der Waals surface area (Å²) in [7, 11) is 3.60. The summed E-state index contributed by atoms with van der Waals surface area (Å²) in [5.74, 6) is -0.547. The fraction of sp³-hybridized carbons (Fsp3) is 0.882. The minimum absolute atomic E-state index is 0.0195. The summed E-state index contributed by atoms with van der Waals surface area (Å²) in [5.41, 5.74) is 0. The van der Waals surface area contributed by atoms with Gasteiger partial charge in [0.1, 0.15) is 20.1 Å². The van der Waals surface area contributed by atoms with Gasteiger partial charge in [-0.3, -0.25) is 9.59 Å². The maximum absolute atomic E-state index is 12.0. The molecule has 0 saturated carbocycles. The predicted octanol–water partition coefficient (Wildman–Crippen LogP) is 0.145. The van der Waals surface area contributed by atoms with E-state index in [4.69, 9.17) is 18.9 Å². The molecule has 0 radical (unpaired) electrons. The van der Waals surface area contributed by atoms with E-state index in [1.54, 1.807) is 7.05 Å². The molecule has 0 aromatic heterocycles. The van der Waals surface area contributed by atoms with Crippen molar-refractivity contribution in [2.75, 3.05) is 13.7 Å². The van der Waals surface area contributed by atoms with Crippen LogP contribution in [-0.4, -0.2) is 69.9 Å². The second-order valence-corrected chi connectivity index (χ2v) is 6.92. The molecule has 1 N–H and O–H groups in total. The molecule has 0 aromatic carbocycles. The van der Waals surface area contributed by atoms with Crippen LogP contribution in [0.1, 0.15) is 46.0 Å². The number of ether oxygens (including phenoxy) is 4. The van der Waals surface area contributed by atoms with E-state index >= 15 is 0 Å². The highest BCUT2D eigenvalue weighted by Crippen LogP contribution is 2.28. The van der Waals surface area contributed by atoms with Crippen LogP contribution >= 0.6 is 0 Å². The van der Waals surface area contributed by atoms with E-state index in [9.17, 15) is 9.59 Å². The SMILES string of the molecule is B[C@H]1CC(OC[C@H]2O[C@@H](C)CC2OC(=O)CCC(=O)NC)[C@@H](CC)O1. The number of hydrogen-bond donors (Lipinski definition) is 1. The molecule has 7 nitrogen and oxygen atoms in total. The minimum atomic E-state index is -0.374. The molecule has 2 aliphatic heterocycles. The van der Waals surface area contributed by atoms with Crippen LogP contribution in [0, 0.1) is 0 Å². The first-order valence-corrected chi connectivity index (χ1v) is 9.25. The van der Waals surface area contributed by atoms with Crippen LogP contribution in [0.15, 0.2) is 0 Å². The zero-order chi connectivity index (χ0) is 18.4. The van der Waals surface area contributed by atoms with Gasteiger partial charge in [0.2, 0.25) is 5.91 Å². The van der Waals surface area contributed by atoms with Crippen molar-refractivity contribution in [2.24, 2.45) is 0 Å². The van der Waals surface area contributed by atoms with Crippen molar-refractivity contribution in [3.05, 3.63) is 0 Å². The molecule has 2 fully saturated rings. The molecule has 0 aromatic rings. The first-order valence-electron chi connectivity index (χ1n) is 9.25. The molecule has 142 valence electrons. The summed E-state index contributed by atoms with van der Waals surface area (Å²) in [4.78, 5) is 23.2. The fourth-order valence-corrected chi connectivity index (χ4v) is 3.43. The van der Waals surface area contributed by atoms with Gasteiger partial charge in [-0.15, -0.1) is 0 Å². The van der Waals surface area contributed by atoms with Gasteiger partial charge in [0, 0.05) is 25.9 Å². The molecule has 2 saturated heterocycles. The number of rotatable bonds is 8. The van der Waals surface area contributed by atoms with Crippen LogP contribution in [-0.2, 0) is 28.5 Å². The van der Waals surface area contributed by atoms with Crippen LogP contribution in [0.5, 0.6) is 0 Å². The van der Waals surface area contributed by atoms with Crippen LogP contribution in [0.3, 0.4) is 0 Å². The van der Waals surface area contributed by atoms with Crippen molar-refractivity contribution in [1.29, 1.82) is 0 Å². The second kappa shape index (κ2) is 9.55. The topological polar surface area (TPSA) is 83.1 Å². The van der Waals surface area contributed by atoms with Gasteiger partial charge in [0.25, 0.3) is 0 Å². The van der Waals surface area contributed by atoms with Gasteiger partial charge < -0.3 is 24.3 Å². The molecule has 25 heavy (non-hydrogen) atoms. The summed E-state index contributed by atoms with van der Waals surface area (Å²) in [6.45, 7) is 4.43. The summed E-state index contributed by atoms with van der Waals surface area (Å²) in [6, 6.07) is 0.205. The van der Waals surface area contributed by atoms with Crippen LogP contribution in [0.25, 0.3) is 0 Å². The third kappa shape index (κ3) is 5.97. The quantitative estimate of drug-likeness (QED) is 0.493. The van der Waals surface area contributed by atoms with Crippen molar-refractivity contribution in [3.8, 4) is 0 Å². The molecule has 2 unspecified atom stereocenters. The number of nitrogens with one attached hydrogen (secondary N) is 1. The Bertz CT molecular complexity index is 462. The van der Waals surface area contributed by atoms with Gasteiger partial charge in [-0.25, -0.2) is 0 Å². The standard InChI is InChI=1S/C17H30BNO6/c1-4-11-12(8-15(18)24-11)22-9-14-13(7-10(2)23-14)25-17(21)6-5-16(20)19-3/h10-15H,4-9,18H2,1-3H3,(H,19,20)/t10-,11+,12?,13?,14+,15+/m0/s1. The average molecular weight is 355 g/mol. The van der Waals surface area contributed by atoms with Gasteiger partial charge in [-0.1, -0.05) is 6.92 Å². The van der Waals surface area contributed by atoms with E-state index in [-0.39, 0.29) is 61.2 Å². The van der Waals surface area contributed by atoms with Gasteiger partial charge in [0.15, 0.2) is 0 Å². The maximum atomic E-state index is 12.0. The van der Waals surface area contributed by atoms with Gasteiger partial charge in [0.05, 0.1) is 31.3 Å². The molecule has 0 spiro atoms. The molecule has 0 aliphatic carbocycles. The summed E-state index contributed by atoms with van der Waals surface area (Å²) in [6.07, 6.45) is 2.23. The first-order chi connectivity index (χ1) is 11.9. The van der Waals surface area contributed by atoms with Crippen molar-refractivity contribution in [1.82, 2.24) is 5.32 Å². The van der Waals surface area contributed by atoms with E-state index in [0.29, 0.717) is 13.0 Å². The van der Waals surface area contributed by atoms with E-state index in [1.165, 1.54) is 0 Å². The predicted molar refractivity (Wildman–Crippen MR) is 94.0 cm³/mol. The normalized spacial score (nSPS) is 34.8. The Morgan fingerprint density at radius 1 is 1.16 bits per heavy atom. The molecule has 2 rings (SSSR count). The zero-order valence-corrected chi connectivity index (χ0v) is 15.7. The Labute approximate surface area is 150 Å². The van der Waals surface area contributed by atoms with E-state index < -0.39 is 0 Å². The Morgan fingerprint density at radius 3 is 2.60 bits per heavy atom. The summed E-state index contributed by atoms with van der Waals surface area (Å²) in [5, 5.41) is 2.49. The van der Waals surface area contributed by atoms with Crippen LogP contribution < -0.4 is 5.32 Å². The average Bonchev–Trinajstić information content (AvgIpc) is 3.12. The Morgan fingerprint density at radius 2 is 1.92 bits per heavy atom. The molecule has 0 bridgehead atoms. The van der Waals surface area contributed by atoms with Gasteiger partial charge in [-0.05, 0) is 19.8 Å². The first kappa shape index (κ1) is 20.2. The Balaban J connectivity index is 1.80. The fourth-order valence-electron chi connectivity index (χ4n) is 3.43. The number of hydrogen-bond acceptors (Lipinski definition) is 6. The molecular weight excluding hydrogens is 325 g/mol. The third-order valence-electron chi connectivity index (χ3n) is 4.77. The maximum Gasteiger partial charge on any atom is 0.306 e. The van der Waals surface area contributed by atoms with E-state index in [1.807, 2.05) is 6.92 Å². The molecule has 2 heterocycles. The van der Waals surface area contributed by atoms with E-state index in [2.05, 4.69) is 20.1 Å². The Kier molecular flexibility index (Phi) is 7.71. The van der Waals surface area contributed by atoms with Crippen LogP contribution in [0.2, 0.25) is 0 Å². The Hall–Kier alpha value is -1.12. The summed E-state index contributed by atoms with van der Waals surface area (Å²) >= 11 is 0. The number of esters is 1. The lowest BCUT2D eigenvalue weighted by Gasteiger charge is -2.23. The largest absolute Gasteiger partial charge is 0.459 e. The van der Waals surface area contributed by atoms with Crippen molar-refractivity contribution < 1.29 is 28.5 Å². The molecule has 2 aliphatic rings. The van der Waals surface area contributed by atoms with Crippen LogP contribution in [0.4, 0.5) is 0 Å². The monoisotopic (exact) mass is 355 g/mol. The molecule has 6 atom stereocenters.